The molecule has 1 heterocycles. The quantitative estimate of drug-likeness (QED) is 0.783. The Hall–Kier alpha value is -2.59. The van der Waals surface area contributed by atoms with Gasteiger partial charge in [0.1, 0.15) is 11.9 Å². The highest BCUT2D eigenvalue weighted by Crippen LogP contribution is 2.38. The highest BCUT2D eigenvalue weighted by Gasteiger charge is 2.42. The Bertz CT molecular complexity index is 599. The van der Waals surface area contributed by atoms with E-state index in [0.29, 0.717) is 5.57 Å². The third-order valence-corrected chi connectivity index (χ3v) is 3.05. The molecule has 4 nitrogen and oxygen atoms in total. The Labute approximate surface area is 99.3 Å². The normalized spacial score (nSPS) is 22.9. The number of aliphatic imine (C=N–C) groups is 1. The topological polar surface area (TPSA) is 86.0 Å². The zero-order chi connectivity index (χ0) is 12.5. The third-order valence-electron chi connectivity index (χ3n) is 3.05. The molecule has 1 aromatic carbocycles. The summed E-state index contributed by atoms with van der Waals surface area (Å²) in [5.41, 5.74) is 6.37. The fourth-order valence-corrected chi connectivity index (χ4v) is 1.96. The molecule has 1 aliphatic rings. The zero-order valence-corrected chi connectivity index (χ0v) is 9.31. The molecule has 82 valence electrons. The van der Waals surface area contributed by atoms with Crippen LogP contribution in [-0.4, -0.2) is 5.84 Å². The monoisotopic (exact) mass is 222 g/mol. The van der Waals surface area contributed by atoms with Crippen LogP contribution in [0.2, 0.25) is 0 Å². The number of allylic oxidation sites excluding steroid dienone is 1. The molecule has 17 heavy (non-hydrogen) atoms. The van der Waals surface area contributed by atoms with Gasteiger partial charge < -0.3 is 5.73 Å². The van der Waals surface area contributed by atoms with Crippen molar-refractivity contribution in [3.8, 4) is 12.1 Å². The van der Waals surface area contributed by atoms with Gasteiger partial charge in [-0.25, -0.2) is 4.99 Å². The lowest BCUT2D eigenvalue weighted by atomic mass is 9.76. The van der Waals surface area contributed by atoms with Gasteiger partial charge in [-0.2, -0.15) is 10.5 Å². The van der Waals surface area contributed by atoms with E-state index in [1.807, 2.05) is 49.4 Å². The van der Waals surface area contributed by atoms with E-state index in [0.717, 1.165) is 5.56 Å². The summed E-state index contributed by atoms with van der Waals surface area (Å²) in [7, 11) is 0. The average molecular weight is 222 g/mol. The number of hydrogen-bond donors (Lipinski definition) is 1. The van der Waals surface area contributed by atoms with Gasteiger partial charge in [-0.1, -0.05) is 30.3 Å². The second-order valence-corrected chi connectivity index (χ2v) is 3.94. The molecule has 0 radical (unpaired) electrons. The molecule has 0 saturated heterocycles. The Morgan fingerprint density at radius 2 is 1.82 bits per heavy atom. The van der Waals surface area contributed by atoms with Crippen molar-refractivity contribution in [2.75, 3.05) is 0 Å². The summed E-state index contributed by atoms with van der Waals surface area (Å²) in [4.78, 5) is 3.98. The minimum atomic E-state index is -0.791. The van der Waals surface area contributed by atoms with Crippen LogP contribution >= 0.6 is 0 Å². The number of rotatable bonds is 1. The Morgan fingerprint density at radius 3 is 2.35 bits per heavy atom. The number of nitriles is 2. The number of benzene rings is 1. The molecule has 0 saturated carbocycles. The largest absolute Gasteiger partial charge is 0.386 e. The predicted molar refractivity (Wildman–Crippen MR) is 63.7 cm³/mol. The van der Waals surface area contributed by atoms with Crippen LogP contribution in [0.3, 0.4) is 0 Å². The molecule has 1 unspecified atom stereocenters. The lowest BCUT2D eigenvalue weighted by molar-refractivity contribution is 0.781. The van der Waals surface area contributed by atoms with E-state index in [1.165, 1.54) is 0 Å². The van der Waals surface area contributed by atoms with Gasteiger partial charge in [0.05, 0.1) is 17.1 Å². The lowest BCUT2D eigenvalue weighted by Gasteiger charge is -2.24. The molecule has 0 aromatic heterocycles. The third kappa shape index (κ3) is 1.39. The maximum Gasteiger partial charge on any atom is 0.157 e. The minimum Gasteiger partial charge on any atom is -0.386 e. The van der Waals surface area contributed by atoms with Crippen LogP contribution in [0.1, 0.15) is 12.5 Å². The van der Waals surface area contributed by atoms with E-state index >= 15 is 0 Å². The fraction of sp³-hybridized carbons (Fsp3) is 0.154. The van der Waals surface area contributed by atoms with E-state index < -0.39 is 5.41 Å². The number of nitrogens with zero attached hydrogens (tertiary/aromatic N) is 3. The predicted octanol–water partition coefficient (Wildman–Crippen LogP) is 1.62. The summed E-state index contributed by atoms with van der Waals surface area (Å²) in [6, 6.07) is 13.3. The van der Waals surface area contributed by atoms with Crippen LogP contribution in [0.15, 0.2) is 46.6 Å². The van der Waals surface area contributed by atoms with Crippen LogP contribution in [0.4, 0.5) is 0 Å². The van der Waals surface area contributed by atoms with Crippen molar-refractivity contribution in [3.63, 3.8) is 0 Å². The summed E-state index contributed by atoms with van der Waals surface area (Å²) in [6.07, 6.45) is 0. The Kier molecular flexibility index (Phi) is 2.42. The van der Waals surface area contributed by atoms with Gasteiger partial charge in [-0.05, 0) is 12.5 Å². The van der Waals surface area contributed by atoms with Crippen molar-refractivity contribution in [2.45, 2.75) is 12.3 Å². The van der Waals surface area contributed by atoms with Crippen molar-refractivity contribution in [2.24, 2.45) is 10.7 Å². The second kappa shape index (κ2) is 3.77. The summed E-state index contributed by atoms with van der Waals surface area (Å²) >= 11 is 0. The van der Waals surface area contributed by atoms with Crippen LogP contribution in [0.25, 0.3) is 0 Å². The minimum absolute atomic E-state index is 0.108. The van der Waals surface area contributed by atoms with E-state index in [4.69, 9.17) is 11.0 Å². The van der Waals surface area contributed by atoms with E-state index in [2.05, 4.69) is 4.99 Å². The van der Waals surface area contributed by atoms with Crippen molar-refractivity contribution in [1.82, 2.24) is 0 Å². The van der Waals surface area contributed by atoms with Gasteiger partial charge in [-0.3, -0.25) is 0 Å². The highest BCUT2D eigenvalue weighted by atomic mass is 14.9. The molecule has 2 N–H and O–H groups in total. The van der Waals surface area contributed by atoms with Crippen LogP contribution in [0.5, 0.6) is 0 Å². The van der Waals surface area contributed by atoms with Crippen molar-refractivity contribution >= 4 is 5.84 Å². The van der Waals surface area contributed by atoms with Crippen molar-refractivity contribution in [3.05, 3.63) is 47.2 Å². The molecule has 4 heteroatoms. The first-order chi connectivity index (χ1) is 8.14. The number of hydrogen-bond acceptors (Lipinski definition) is 4. The Morgan fingerprint density at radius 1 is 1.18 bits per heavy atom. The maximum atomic E-state index is 9.19. The molecule has 0 spiro atoms. The maximum absolute atomic E-state index is 9.19. The number of amidine groups is 1. The molecule has 0 aliphatic carbocycles. The fourth-order valence-electron chi connectivity index (χ4n) is 1.96. The van der Waals surface area contributed by atoms with E-state index in [1.54, 1.807) is 0 Å². The molecule has 0 bridgehead atoms. The molecule has 0 fully saturated rings. The Balaban J connectivity index is 2.68. The van der Waals surface area contributed by atoms with E-state index in [9.17, 15) is 5.26 Å². The van der Waals surface area contributed by atoms with Gasteiger partial charge in [0.15, 0.2) is 5.70 Å². The summed E-state index contributed by atoms with van der Waals surface area (Å²) in [5, 5.41) is 18.1. The molecule has 1 atom stereocenters. The SMILES string of the molecule is CC1(c2ccccc2)C(N)=NC(C#N)=C1C#N. The van der Waals surface area contributed by atoms with Gasteiger partial charge in [-0.15, -0.1) is 0 Å². The van der Waals surface area contributed by atoms with Crippen molar-refractivity contribution in [1.29, 1.82) is 10.5 Å². The van der Waals surface area contributed by atoms with Gasteiger partial charge >= 0.3 is 0 Å². The summed E-state index contributed by atoms with van der Waals surface area (Å²) < 4.78 is 0. The molecule has 1 aliphatic heterocycles. The van der Waals surface area contributed by atoms with Gasteiger partial charge in [0, 0.05) is 0 Å². The summed E-state index contributed by atoms with van der Waals surface area (Å²) in [6.45, 7) is 1.81. The zero-order valence-electron chi connectivity index (χ0n) is 9.31. The average Bonchev–Trinajstić information content (AvgIpc) is 2.63. The first-order valence-corrected chi connectivity index (χ1v) is 5.09. The van der Waals surface area contributed by atoms with E-state index in [-0.39, 0.29) is 11.5 Å². The van der Waals surface area contributed by atoms with Crippen molar-refractivity contribution < 1.29 is 0 Å². The molecular formula is C13H10N4. The first kappa shape index (κ1) is 10.9. The lowest BCUT2D eigenvalue weighted by Crippen LogP contribution is -2.37. The van der Waals surface area contributed by atoms with Crippen LogP contribution < -0.4 is 5.73 Å². The highest BCUT2D eigenvalue weighted by molar-refractivity contribution is 5.99. The first-order valence-electron chi connectivity index (χ1n) is 5.09. The van der Waals surface area contributed by atoms with Gasteiger partial charge in [0.2, 0.25) is 0 Å². The van der Waals surface area contributed by atoms with Crippen LogP contribution in [0, 0.1) is 22.7 Å². The molecule has 2 rings (SSSR count). The molecule has 1 aromatic rings. The summed E-state index contributed by atoms with van der Waals surface area (Å²) in [5.74, 6) is 0.289. The number of nitrogens with two attached hydrogens (primary N) is 1. The smallest absolute Gasteiger partial charge is 0.157 e. The molecular weight excluding hydrogens is 212 g/mol. The standard InChI is InChI=1S/C13H10N4/c1-13(9-5-3-2-4-6-9)10(7-14)11(8-15)17-12(13)16/h2-6H,1H3,(H2,16,17). The van der Waals surface area contributed by atoms with Gasteiger partial charge in [0.25, 0.3) is 0 Å². The van der Waals surface area contributed by atoms with Crippen LogP contribution in [-0.2, 0) is 5.41 Å². The molecule has 0 amide bonds. The second-order valence-electron chi connectivity index (χ2n) is 3.94.